The Morgan fingerprint density at radius 3 is 2.68 bits per heavy atom. The fraction of sp³-hybridized carbons (Fsp3) is 0.556. The number of aromatic nitrogens is 3. The van der Waals surface area contributed by atoms with Crippen LogP contribution in [0.1, 0.15) is 48.1 Å². The van der Waals surface area contributed by atoms with E-state index >= 15 is 0 Å². The third kappa shape index (κ3) is 2.68. The van der Waals surface area contributed by atoms with Gasteiger partial charge in [0.1, 0.15) is 11.6 Å². The molecule has 0 N–H and O–H groups in total. The van der Waals surface area contributed by atoms with Crippen LogP contribution in [-0.4, -0.2) is 27.5 Å². The molecule has 1 saturated heterocycles. The van der Waals surface area contributed by atoms with Crippen molar-refractivity contribution in [3.05, 3.63) is 47.0 Å². The molecular weight excluding hydrogens is 274 g/mol. The van der Waals surface area contributed by atoms with Crippen molar-refractivity contribution in [2.24, 2.45) is 0 Å². The van der Waals surface area contributed by atoms with E-state index in [4.69, 9.17) is 4.74 Å². The molecule has 0 amide bonds. The first-order valence-corrected chi connectivity index (χ1v) is 8.40. The van der Waals surface area contributed by atoms with Crippen molar-refractivity contribution in [2.75, 3.05) is 6.61 Å². The summed E-state index contributed by atoms with van der Waals surface area (Å²) in [5, 5.41) is 4.69. The second-order valence-corrected chi connectivity index (χ2v) is 6.52. The second-order valence-electron chi connectivity index (χ2n) is 6.52. The van der Waals surface area contributed by atoms with Crippen LogP contribution >= 0.6 is 0 Å². The van der Waals surface area contributed by atoms with E-state index in [9.17, 15) is 0 Å². The number of fused-ring (bicyclic) bond motifs is 1. The molecule has 1 atom stereocenters. The van der Waals surface area contributed by atoms with Gasteiger partial charge >= 0.3 is 0 Å². The van der Waals surface area contributed by atoms with Crippen LogP contribution < -0.4 is 0 Å². The van der Waals surface area contributed by atoms with Gasteiger partial charge in [0.15, 0.2) is 0 Å². The van der Waals surface area contributed by atoms with Crippen molar-refractivity contribution in [2.45, 2.75) is 57.6 Å². The number of rotatable bonds is 4. The Bertz CT molecular complexity index is 633. The van der Waals surface area contributed by atoms with Crippen molar-refractivity contribution in [1.82, 2.24) is 14.8 Å². The quantitative estimate of drug-likeness (QED) is 0.871. The molecule has 4 nitrogen and oxygen atoms in total. The minimum Gasteiger partial charge on any atom is -0.378 e. The number of nitrogens with zero attached hydrogens (tertiary/aromatic N) is 3. The molecule has 4 rings (SSSR count). The Labute approximate surface area is 131 Å². The lowest BCUT2D eigenvalue weighted by Gasteiger charge is -2.14. The fourth-order valence-electron chi connectivity index (χ4n) is 3.81. The summed E-state index contributed by atoms with van der Waals surface area (Å²) >= 11 is 0. The highest BCUT2D eigenvalue weighted by Crippen LogP contribution is 2.30. The lowest BCUT2D eigenvalue weighted by molar-refractivity contribution is 0.103. The second kappa shape index (κ2) is 5.84. The summed E-state index contributed by atoms with van der Waals surface area (Å²) in [4.78, 5) is 4.68. The van der Waals surface area contributed by atoms with Gasteiger partial charge in [0.2, 0.25) is 0 Å². The predicted molar refractivity (Wildman–Crippen MR) is 84.9 cm³/mol. The van der Waals surface area contributed by atoms with Crippen molar-refractivity contribution < 1.29 is 4.74 Å². The first-order chi connectivity index (χ1) is 10.8. The molecular formula is C18H23N3O. The maximum Gasteiger partial charge on any atom is 0.147 e. The summed E-state index contributed by atoms with van der Waals surface area (Å²) in [6.45, 7) is 2.92. The molecule has 0 unspecified atom stereocenters. The molecule has 1 fully saturated rings. The number of benzene rings is 1. The van der Waals surface area contributed by atoms with Crippen LogP contribution in [-0.2, 0) is 24.0 Å². The molecule has 0 spiro atoms. The number of hydrogen-bond acceptors (Lipinski definition) is 3. The first kappa shape index (κ1) is 13.9. The normalized spacial score (nSPS) is 21.4. The third-order valence-corrected chi connectivity index (χ3v) is 4.90. The molecule has 4 heteroatoms. The van der Waals surface area contributed by atoms with E-state index in [1.54, 1.807) is 0 Å². The lowest BCUT2D eigenvalue weighted by Crippen LogP contribution is -2.16. The molecule has 0 radical (unpaired) electrons. The topological polar surface area (TPSA) is 39.9 Å². The summed E-state index contributed by atoms with van der Waals surface area (Å²) < 4.78 is 7.92. The Kier molecular flexibility index (Phi) is 3.70. The van der Waals surface area contributed by atoms with Crippen LogP contribution in [0.4, 0.5) is 0 Å². The van der Waals surface area contributed by atoms with Crippen molar-refractivity contribution in [3.63, 3.8) is 0 Å². The molecule has 22 heavy (non-hydrogen) atoms. The maximum atomic E-state index is 5.74. The van der Waals surface area contributed by atoms with Crippen LogP contribution in [0.3, 0.4) is 0 Å². The number of ether oxygens (including phenoxy) is 1. The van der Waals surface area contributed by atoms with Crippen LogP contribution in [0.15, 0.2) is 24.3 Å². The summed E-state index contributed by atoms with van der Waals surface area (Å²) in [5.41, 5.74) is 2.93. The van der Waals surface area contributed by atoms with Crippen molar-refractivity contribution in [1.29, 1.82) is 0 Å². The molecule has 2 heterocycles. The van der Waals surface area contributed by atoms with Crippen LogP contribution in [0, 0.1) is 6.92 Å². The molecule has 1 aliphatic carbocycles. The van der Waals surface area contributed by atoms with Gasteiger partial charge in [-0.15, -0.1) is 0 Å². The van der Waals surface area contributed by atoms with Gasteiger partial charge < -0.3 is 4.74 Å². The largest absolute Gasteiger partial charge is 0.378 e. The van der Waals surface area contributed by atoms with Gasteiger partial charge in [0.05, 0.1) is 12.1 Å². The summed E-state index contributed by atoms with van der Waals surface area (Å²) in [6, 6.07) is 9.17. The van der Waals surface area contributed by atoms with E-state index in [0.29, 0.717) is 12.1 Å². The summed E-state index contributed by atoms with van der Waals surface area (Å²) in [6.07, 6.45) is 7.01. The summed E-state index contributed by atoms with van der Waals surface area (Å²) in [5.74, 6) is 2.02. The van der Waals surface area contributed by atoms with Crippen LogP contribution in [0.5, 0.6) is 0 Å². The first-order valence-electron chi connectivity index (χ1n) is 8.40. The van der Waals surface area contributed by atoms with Crippen LogP contribution in [0.25, 0.3) is 0 Å². The average molecular weight is 297 g/mol. The van der Waals surface area contributed by atoms with E-state index in [0.717, 1.165) is 43.9 Å². The molecule has 0 bridgehead atoms. The molecule has 2 aliphatic rings. The smallest absolute Gasteiger partial charge is 0.147 e. The predicted octanol–water partition coefficient (Wildman–Crippen LogP) is 3.04. The fourth-order valence-corrected chi connectivity index (χ4v) is 3.81. The Morgan fingerprint density at radius 2 is 2.00 bits per heavy atom. The number of aryl methyl sites for hydroxylation is 2. The molecule has 0 saturated carbocycles. The van der Waals surface area contributed by atoms with Gasteiger partial charge in [-0.2, -0.15) is 5.10 Å². The SMILES string of the molecule is Cc1nc(CC[C@H]2CCCO2)n(C2Cc3ccccc3C2)n1. The molecule has 1 aliphatic heterocycles. The molecule has 1 aromatic heterocycles. The molecule has 1 aromatic carbocycles. The van der Waals surface area contributed by atoms with Crippen molar-refractivity contribution in [3.8, 4) is 0 Å². The van der Waals surface area contributed by atoms with Gasteiger partial charge in [-0.05, 0) is 50.2 Å². The van der Waals surface area contributed by atoms with Gasteiger partial charge in [-0.1, -0.05) is 24.3 Å². The van der Waals surface area contributed by atoms with Gasteiger partial charge in [0.25, 0.3) is 0 Å². The minimum absolute atomic E-state index is 0.422. The van der Waals surface area contributed by atoms with Gasteiger partial charge in [-0.3, -0.25) is 0 Å². The van der Waals surface area contributed by atoms with E-state index in [1.165, 1.54) is 24.0 Å². The molecule has 2 aromatic rings. The Balaban J connectivity index is 1.50. The van der Waals surface area contributed by atoms with E-state index in [1.807, 2.05) is 6.92 Å². The monoisotopic (exact) mass is 297 g/mol. The number of hydrogen-bond donors (Lipinski definition) is 0. The van der Waals surface area contributed by atoms with Gasteiger partial charge in [0, 0.05) is 13.0 Å². The summed E-state index contributed by atoms with van der Waals surface area (Å²) in [7, 11) is 0. The zero-order chi connectivity index (χ0) is 14.9. The average Bonchev–Trinajstić information content (AvgIpc) is 3.23. The zero-order valence-electron chi connectivity index (χ0n) is 13.2. The highest BCUT2D eigenvalue weighted by atomic mass is 16.5. The lowest BCUT2D eigenvalue weighted by atomic mass is 10.1. The van der Waals surface area contributed by atoms with Crippen LogP contribution in [0.2, 0.25) is 0 Å². The molecule has 116 valence electrons. The Hall–Kier alpha value is -1.68. The highest BCUT2D eigenvalue weighted by Gasteiger charge is 2.26. The van der Waals surface area contributed by atoms with Gasteiger partial charge in [-0.25, -0.2) is 9.67 Å². The third-order valence-electron chi connectivity index (χ3n) is 4.90. The van der Waals surface area contributed by atoms with E-state index < -0.39 is 0 Å². The van der Waals surface area contributed by atoms with E-state index in [2.05, 4.69) is 39.0 Å². The zero-order valence-corrected chi connectivity index (χ0v) is 13.2. The highest BCUT2D eigenvalue weighted by molar-refractivity contribution is 5.32. The maximum absolute atomic E-state index is 5.74. The minimum atomic E-state index is 0.422. The Morgan fingerprint density at radius 1 is 1.23 bits per heavy atom. The standard InChI is InChI=1S/C18H23N3O/c1-13-19-18(9-8-17-7-4-10-22-17)21(20-13)16-11-14-5-2-3-6-15(14)12-16/h2-3,5-6,16-17H,4,7-12H2,1H3/t17-/m1/s1. The van der Waals surface area contributed by atoms with Crippen molar-refractivity contribution >= 4 is 0 Å². The van der Waals surface area contributed by atoms with E-state index in [-0.39, 0.29) is 0 Å².